The zero-order valence-electron chi connectivity index (χ0n) is 17.9. The van der Waals surface area contributed by atoms with Gasteiger partial charge in [0.2, 0.25) is 15.9 Å². The molecule has 0 bridgehead atoms. The van der Waals surface area contributed by atoms with Crippen LogP contribution in [-0.2, 0) is 19.6 Å². The van der Waals surface area contributed by atoms with E-state index in [-0.39, 0.29) is 28.7 Å². The number of carbonyl (C=O) groups is 2. The third kappa shape index (κ3) is 4.72. The average molecular weight is 450 g/mol. The first-order valence-corrected chi connectivity index (χ1v) is 12.7. The molecule has 0 aromatic heterocycles. The number of nitrogens with zero attached hydrogens (tertiary/aromatic N) is 1. The Kier molecular flexibility index (Phi) is 6.52. The molecule has 1 aliphatic carbocycles. The van der Waals surface area contributed by atoms with Crippen molar-refractivity contribution in [1.29, 1.82) is 0 Å². The summed E-state index contributed by atoms with van der Waals surface area (Å²) in [6.45, 7) is 2.47. The molecular weight excluding hydrogens is 418 g/mol. The van der Waals surface area contributed by atoms with Gasteiger partial charge in [-0.05, 0) is 50.3 Å². The molecule has 0 spiro atoms. The van der Waals surface area contributed by atoms with E-state index in [0.29, 0.717) is 43.8 Å². The number of benzene rings is 1. The number of rotatable bonds is 5. The highest BCUT2D eigenvalue weighted by Gasteiger charge is 2.34. The second-order valence-corrected chi connectivity index (χ2v) is 10.6. The summed E-state index contributed by atoms with van der Waals surface area (Å²) in [5.41, 5.74) is 0.373. The zero-order valence-corrected chi connectivity index (χ0v) is 18.7. The molecule has 2 fully saturated rings. The molecule has 4 rings (SSSR count). The molecule has 2 amide bonds. The summed E-state index contributed by atoms with van der Waals surface area (Å²) in [6.07, 6.45) is 6.64. The summed E-state index contributed by atoms with van der Waals surface area (Å²) >= 11 is 0. The molecule has 8 nitrogen and oxygen atoms in total. The van der Waals surface area contributed by atoms with Crippen LogP contribution in [0, 0.1) is 5.92 Å². The Hall–Kier alpha value is -2.13. The van der Waals surface area contributed by atoms with E-state index in [4.69, 9.17) is 4.74 Å². The number of hydrogen-bond acceptors (Lipinski definition) is 5. The largest absolute Gasteiger partial charge is 0.478 e. The van der Waals surface area contributed by atoms with Crippen molar-refractivity contribution in [2.24, 2.45) is 5.92 Å². The molecule has 0 radical (unpaired) electrons. The van der Waals surface area contributed by atoms with Crippen molar-refractivity contribution in [3.8, 4) is 5.75 Å². The van der Waals surface area contributed by atoms with Gasteiger partial charge in [-0.15, -0.1) is 0 Å². The van der Waals surface area contributed by atoms with Gasteiger partial charge >= 0.3 is 0 Å². The van der Waals surface area contributed by atoms with Gasteiger partial charge in [0.1, 0.15) is 5.75 Å². The van der Waals surface area contributed by atoms with Crippen molar-refractivity contribution in [3.63, 3.8) is 0 Å². The van der Waals surface area contributed by atoms with Gasteiger partial charge in [0.25, 0.3) is 5.91 Å². The van der Waals surface area contributed by atoms with Crippen molar-refractivity contribution >= 4 is 27.5 Å². The van der Waals surface area contributed by atoms with E-state index < -0.39 is 16.1 Å². The van der Waals surface area contributed by atoms with Crippen LogP contribution in [0.1, 0.15) is 58.3 Å². The minimum absolute atomic E-state index is 0.0584. The van der Waals surface area contributed by atoms with Crippen LogP contribution in [0.3, 0.4) is 0 Å². The van der Waals surface area contributed by atoms with Crippen LogP contribution < -0.4 is 15.4 Å². The van der Waals surface area contributed by atoms with E-state index in [9.17, 15) is 18.0 Å². The second kappa shape index (κ2) is 9.16. The van der Waals surface area contributed by atoms with E-state index in [1.807, 2.05) is 6.92 Å². The minimum atomic E-state index is -3.71. The van der Waals surface area contributed by atoms with Crippen LogP contribution >= 0.6 is 0 Å². The maximum Gasteiger partial charge on any atom is 0.265 e. The number of anilines is 1. The van der Waals surface area contributed by atoms with Crippen LogP contribution in [0.25, 0.3) is 0 Å². The number of carbonyl (C=O) groups excluding carboxylic acids is 2. The maximum atomic E-state index is 13.1. The van der Waals surface area contributed by atoms with Gasteiger partial charge in [0.05, 0.1) is 10.6 Å². The molecule has 0 unspecified atom stereocenters. The lowest BCUT2D eigenvalue weighted by atomic mass is 9.93. The predicted molar refractivity (Wildman–Crippen MR) is 116 cm³/mol. The summed E-state index contributed by atoms with van der Waals surface area (Å²) in [5, 5.41) is 5.90. The zero-order chi connectivity index (χ0) is 22.0. The first kappa shape index (κ1) is 22.1. The van der Waals surface area contributed by atoms with Crippen LogP contribution in [0.2, 0.25) is 0 Å². The SMILES string of the molecule is CC[C@@H]1Oc2ccc(S(=O)(=O)N3CCC(C(=O)NC4CCCCC4)CC3)cc2NC1=O. The molecule has 9 heteroatoms. The van der Waals surface area contributed by atoms with Gasteiger partial charge in [-0.3, -0.25) is 9.59 Å². The average Bonchev–Trinajstić information content (AvgIpc) is 2.79. The molecule has 2 heterocycles. The number of sulfonamides is 1. The topological polar surface area (TPSA) is 105 Å². The number of hydrogen-bond donors (Lipinski definition) is 2. The Morgan fingerprint density at radius 2 is 1.87 bits per heavy atom. The Morgan fingerprint density at radius 1 is 1.16 bits per heavy atom. The van der Waals surface area contributed by atoms with Crippen LogP contribution in [-0.4, -0.2) is 49.8 Å². The number of ether oxygens (including phenoxy) is 1. The fourth-order valence-electron chi connectivity index (χ4n) is 4.63. The first-order valence-electron chi connectivity index (χ1n) is 11.3. The standard InChI is InChI=1S/C22H31N3O5S/c1-2-19-22(27)24-18-14-17(8-9-20(18)30-19)31(28,29)25-12-10-15(11-13-25)21(26)23-16-6-4-3-5-7-16/h8-9,14-16,19H,2-7,10-13H2,1H3,(H,23,26)(H,24,27)/t19-/m0/s1. The quantitative estimate of drug-likeness (QED) is 0.719. The molecule has 2 aliphatic heterocycles. The fraction of sp³-hybridized carbons (Fsp3) is 0.636. The van der Waals surface area contributed by atoms with E-state index in [2.05, 4.69) is 10.6 Å². The Labute approximate surface area is 183 Å². The molecule has 2 N–H and O–H groups in total. The third-order valence-corrected chi connectivity index (χ3v) is 8.45. The first-order chi connectivity index (χ1) is 14.9. The highest BCUT2D eigenvalue weighted by molar-refractivity contribution is 7.89. The normalized spacial score (nSPS) is 23.5. The van der Waals surface area contributed by atoms with Crippen molar-refractivity contribution in [2.45, 2.75) is 75.3 Å². The summed E-state index contributed by atoms with van der Waals surface area (Å²) in [4.78, 5) is 24.8. The molecule has 1 saturated carbocycles. The minimum Gasteiger partial charge on any atom is -0.478 e. The lowest BCUT2D eigenvalue weighted by Gasteiger charge is -2.32. The van der Waals surface area contributed by atoms with Crippen molar-refractivity contribution in [3.05, 3.63) is 18.2 Å². The van der Waals surface area contributed by atoms with Crippen LogP contribution in [0.5, 0.6) is 5.75 Å². The van der Waals surface area contributed by atoms with Crippen molar-refractivity contribution in [1.82, 2.24) is 9.62 Å². The number of nitrogens with one attached hydrogen (secondary N) is 2. The lowest BCUT2D eigenvalue weighted by molar-refractivity contribution is -0.127. The molecule has 1 atom stereocenters. The molecule has 31 heavy (non-hydrogen) atoms. The second-order valence-electron chi connectivity index (χ2n) is 8.68. The Balaban J connectivity index is 1.38. The van der Waals surface area contributed by atoms with Gasteiger partial charge in [-0.2, -0.15) is 4.31 Å². The highest BCUT2D eigenvalue weighted by atomic mass is 32.2. The van der Waals surface area contributed by atoms with E-state index >= 15 is 0 Å². The van der Waals surface area contributed by atoms with Crippen molar-refractivity contribution in [2.75, 3.05) is 18.4 Å². The van der Waals surface area contributed by atoms with Gasteiger partial charge in [-0.1, -0.05) is 26.2 Å². The van der Waals surface area contributed by atoms with Gasteiger partial charge in [0, 0.05) is 25.0 Å². The summed E-state index contributed by atoms with van der Waals surface area (Å²) in [6, 6.07) is 4.83. The number of fused-ring (bicyclic) bond motifs is 1. The molecule has 1 aromatic rings. The lowest BCUT2D eigenvalue weighted by Crippen LogP contribution is -2.45. The smallest absolute Gasteiger partial charge is 0.265 e. The van der Waals surface area contributed by atoms with Crippen molar-refractivity contribution < 1.29 is 22.7 Å². The molecule has 170 valence electrons. The summed E-state index contributed by atoms with van der Waals surface area (Å²) in [7, 11) is -3.71. The predicted octanol–water partition coefficient (Wildman–Crippen LogP) is 2.65. The summed E-state index contributed by atoms with van der Waals surface area (Å²) in [5.74, 6) is 0.122. The van der Waals surface area contributed by atoms with E-state index in [1.165, 1.54) is 22.9 Å². The van der Waals surface area contributed by atoms with Gasteiger partial charge in [0.15, 0.2) is 6.10 Å². The fourth-order valence-corrected chi connectivity index (χ4v) is 6.13. The number of piperidine rings is 1. The van der Waals surface area contributed by atoms with E-state index in [1.54, 1.807) is 6.07 Å². The Morgan fingerprint density at radius 3 is 2.55 bits per heavy atom. The number of amides is 2. The highest BCUT2D eigenvalue weighted by Crippen LogP contribution is 2.34. The third-order valence-electron chi connectivity index (χ3n) is 6.56. The van der Waals surface area contributed by atoms with Gasteiger partial charge in [-0.25, -0.2) is 8.42 Å². The van der Waals surface area contributed by atoms with Crippen LogP contribution in [0.15, 0.2) is 23.1 Å². The molecule has 1 aromatic carbocycles. The summed E-state index contributed by atoms with van der Waals surface area (Å²) < 4.78 is 33.4. The van der Waals surface area contributed by atoms with E-state index in [0.717, 1.165) is 25.7 Å². The Bertz CT molecular complexity index is 934. The molecule has 1 saturated heterocycles. The molecular formula is C22H31N3O5S. The monoisotopic (exact) mass is 449 g/mol. The van der Waals surface area contributed by atoms with Crippen LogP contribution in [0.4, 0.5) is 5.69 Å². The molecule has 3 aliphatic rings. The maximum absolute atomic E-state index is 13.1. The van der Waals surface area contributed by atoms with Gasteiger partial charge < -0.3 is 15.4 Å².